The minimum Gasteiger partial charge on any atom is -0.394 e. The normalized spacial score (nSPS) is 16.8. The van der Waals surface area contributed by atoms with Gasteiger partial charge in [-0.05, 0) is 18.9 Å². The monoisotopic (exact) mass is 262 g/mol. The molecule has 1 aromatic rings. The lowest BCUT2D eigenvalue weighted by molar-refractivity contribution is -0.384. The van der Waals surface area contributed by atoms with E-state index >= 15 is 0 Å². The highest BCUT2D eigenvalue weighted by atomic mass is 16.6. The van der Waals surface area contributed by atoms with Gasteiger partial charge in [-0.3, -0.25) is 10.1 Å². The van der Waals surface area contributed by atoms with Gasteiger partial charge in [0, 0.05) is 6.20 Å². The SMILES string of the molecule is N#Cc1ccnc(NC2(CO)CCCC2)c1[N+](=O)[O-]. The standard InChI is InChI=1S/C12H14N4O3/c13-7-9-3-6-14-11(10(9)16(18)19)15-12(8-17)4-1-2-5-12/h3,6,17H,1-2,4-5,8H2,(H,14,15). The quantitative estimate of drug-likeness (QED) is 0.629. The van der Waals surface area contributed by atoms with Crippen LogP contribution < -0.4 is 5.32 Å². The second-order valence-electron chi connectivity index (χ2n) is 4.70. The molecule has 1 saturated carbocycles. The molecule has 0 radical (unpaired) electrons. The van der Waals surface area contributed by atoms with E-state index < -0.39 is 10.5 Å². The van der Waals surface area contributed by atoms with Crippen LogP contribution in [0.25, 0.3) is 0 Å². The molecular weight excluding hydrogens is 248 g/mol. The Balaban J connectivity index is 2.40. The van der Waals surface area contributed by atoms with Crippen LogP contribution in [0.4, 0.5) is 11.5 Å². The van der Waals surface area contributed by atoms with Gasteiger partial charge in [-0.25, -0.2) is 4.98 Å². The molecule has 100 valence electrons. The van der Waals surface area contributed by atoms with E-state index in [4.69, 9.17) is 5.26 Å². The first-order valence-electron chi connectivity index (χ1n) is 6.04. The lowest BCUT2D eigenvalue weighted by Crippen LogP contribution is -2.39. The molecule has 2 N–H and O–H groups in total. The number of nitrogens with zero attached hydrogens (tertiary/aromatic N) is 3. The van der Waals surface area contributed by atoms with Crippen LogP contribution in [0.5, 0.6) is 0 Å². The average molecular weight is 262 g/mol. The van der Waals surface area contributed by atoms with E-state index in [2.05, 4.69) is 10.3 Å². The van der Waals surface area contributed by atoms with Crippen LogP contribution in [0, 0.1) is 21.4 Å². The Hall–Kier alpha value is -2.20. The largest absolute Gasteiger partial charge is 0.394 e. The van der Waals surface area contributed by atoms with Crippen LogP contribution in [0.1, 0.15) is 31.2 Å². The first kappa shape index (κ1) is 13.2. The highest BCUT2D eigenvalue weighted by molar-refractivity contribution is 5.65. The maximum Gasteiger partial charge on any atom is 0.328 e. The molecule has 0 saturated heterocycles. The third kappa shape index (κ3) is 2.48. The van der Waals surface area contributed by atoms with Gasteiger partial charge in [-0.1, -0.05) is 12.8 Å². The van der Waals surface area contributed by atoms with Crippen molar-refractivity contribution < 1.29 is 10.0 Å². The van der Waals surface area contributed by atoms with E-state index in [1.165, 1.54) is 12.3 Å². The summed E-state index contributed by atoms with van der Waals surface area (Å²) in [6, 6.07) is 3.10. The second-order valence-corrected chi connectivity index (χ2v) is 4.70. The van der Waals surface area contributed by atoms with Crippen LogP contribution in [0.3, 0.4) is 0 Å². The fraction of sp³-hybridized carbons (Fsp3) is 0.500. The van der Waals surface area contributed by atoms with Gasteiger partial charge < -0.3 is 10.4 Å². The Morgan fingerprint density at radius 1 is 1.58 bits per heavy atom. The molecular formula is C12H14N4O3. The van der Waals surface area contributed by atoms with Gasteiger partial charge in [-0.15, -0.1) is 0 Å². The van der Waals surface area contributed by atoms with Crippen molar-refractivity contribution in [3.05, 3.63) is 27.9 Å². The predicted molar refractivity (Wildman–Crippen MR) is 67.5 cm³/mol. The molecule has 0 amide bonds. The minimum atomic E-state index is -0.617. The fourth-order valence-electron chi connectivity index (χ4n) is 2.45. The van der Waals surface area contributed by atoms with Crippen molar-refractivity contribution in [2.45, 2.75) is 31.2 Å². The van der Waals surface area contributed by atoms with Gasteiger partial charge in [-0.2, -0.15) is 5.26 Å². The fourth-order valence-corrected chi connectivity index (χ4v) is 2.45. The summed E-state index contributed by atoms with van der Waals surface area (Å²) < 4.78 is 0. The second kappa shape index (κ2) is 5.20. The van der Waals surface area contributed by atoms with Gasteiger partial charge in [0.25, 0.3) is 0 Å². The maximum atomic E-state index is 11.1. The smallest absolute Gasteiger partial charge is 0.328 e. The number of hydrogen-bond donors (Lipinski definition) is 2. The molecule has 2 rings (SSSR count). The molecule has 19 heavy (non-hydrogen) atoms. The molecule has 7 heteroatoms. The lowest BCUT2D eigenvalue weighted by atomic mass is 9.98. The zero-order chi connectivity index (χ0) is 13.9. The zero-order valence-electron chi connectivity index (χ0n) is 10.3. The number of nitrogens with one attached hydrogen (secondary N) is 1. The highest BCUT2D eigenvalue weighted by Crippen LogP contribution is 2.35. The first-order valence-corrected chi connectivity index (χ1v) is 6.04. The lowest BCUT2D eigenvalue weighted by Gasteiger charge is -2.28. The molecule has 1 heterocycles. The molecule has 0 unspecified atom stereocenters. The number of nitro groups is 1. The van der Waals surface area contributed by atoms with Gasteiger partial charge in [0.1, 0.15) is 11.6 Å². The van der Waals surface area contributed by atoms with Gasteiger partial charge in [0.2, 0.25) is 5.82 Å². The minimum absolute atomic E-state index is 0.0337. The summed E-state index contributed by atoms with van der Waals surface area (Å²) in [5.41, 5.74) is -0.926. The average Bonchev–Trinajstić information content (AvgIpc) is 2.87. The van der Waals surface area contributed by atoms with E-state index in [0.29, 0.717) is 0 Å². The summed E-state index contributed by atoms with van der Waals surface area (Å²) in [6.07, 6.45) is 4.74. The van der Waals surface area contributed by atoms with Crippen LogP contribution in [-0.2, 0) is 0 Å². The summed E-state index contributed by atoms with van der Waals surface area (Å²) in [6.45, 7) is -0.109. The highest BCUT2D eigenvalue weighted by Gasteiger charge is 2.36. The molecule has 1 fully saturated rings. The number of nitriles is 1. The van der Waals surface area contributed by atoms with Crippen LogP contribution >= 0.6 is 0 Å². The Kier molecular flexibility index (Phi) is 3.62. The van der Waals surface area contributed by atoms with Gasteiger partial charge in [0.15, 0.2) is 0 Å². The molecule has 1 aromatic heterocycles. The number of aliphatic hydroxyl groups is 1. The van der Waals surface area contributed by atoms with Crippen molar-refractivity contribution in [1.29, 1.82) is 5.26 Å². The van der Waals surface area contributed by atoms with Gasteiger partial charge >= 0.3 is 5.69 Å². The zero-order valence-corrected chi connectivity index (χ0v) is 10.3. The van der Waals surface area contributed by atoms with E-state index in [-0.39, 0.29) is 23.7 Å². The first-order chi connectivity index (χ1) is 9.12. The third-order valence-corrected chi connectivity index (χ3v) is 3.47. The van der Waals surface area contributed by atoms with Crippen LogP contribution in [0.15, 0.2) is 12.3 Å². The Labute approximate surface area is 110 Å². The molecule has 0 atom stereocenters. The molecule has 0 spiro atoms. The summed E-state index contributed by atoms with van der Waals surface area (Å²) in [5, 5.41) is 32.5. The molecule has 7 nitrogen and oxygen atoms in total. The summed E-state index contributed by atoms with van der Waals surface area (Å²) in [5.74, 6) is 0.0556. The number of aliphatic hydroxyl groups excluding tert-OH is 1. The van der Waals surface area contributed by atoms with Crippen LogP contribution in [-0.4, -0.2) is 27.2 Å². The molecule has 1 aliphatic carbocycles. The van der Waals surface area contributed by atoms with Crippen molar-refractivity contribution in [1.82, 2.24) is 4.98 Å². The molecule has 1 aliphatic rings. The number of rotatable bonds is 4. The summed E-state index contributed by atoms with van der Waals surface area (Å²) in [4.78, 5) is 14.4. The van der Waals surface area contributed by atoms with E-state index in [0.717, 1.165) is 25.7 Å². The van der Waals surface area contributed by atoms with Crippen molar-refractivity contribution in [3.63, 3.8) is 0 Å². The van der Waals surface area contributed by atoms with E-state index in [9.17, 15) is 15.2 Å². The van der Waals surface area contributed by atoms with E-state index in [1.54, 1.807) is 6.07 Å². The predicted octanol–water partition coefficient (Wildman–Crippen LogP) is 1.58. The Morgan fingerprint density at radius 2 is 2.26 bits per heavy atom. The Morgan fingerprint density at radius 3 is 2.79 bits per heavy atom. The topological polar surface area (TPSA) is 112 Å². The molecule has 0 aliphatic heterocycles. The number of anilines is 1. The number of aromatic nitrogens is 1. The van der Waals surface area contributed by atoms with E-state index in [1.807, 2.05) is 0 Å². The van der Waals surface area contributed by atoms with Crippen molar-refractivity contribution >= 4 is 11.5 Å². The third-order valence-electron chi connectivity index (χ3n) is 3.47. The molecule has 0 bridgehead atoms. The number of pyridine rings is 1. The Bertz CT molecular complexity index is 532. The van der Waals surface area contributed by atoms with Crippen molar-refractivity contribution in [2.24, 2.45) is 0 Å². The van der Waals surface area contributed by atoms with Crippen molar-refractivity contribution in [3.8, 4) is 6.07 Å². The maximum absolute atomic E-state index is 11.1. The molecule has 0 aromatic carbocycles. The van der Waals surface area contributed by atoms with Gasteiger partial charge in [0.05, 0.1) is 17.1 Å². The number of hydrogen-bond acceptors (Lipinski definition) is 6. The summed E-state index contributed by atoms with van der Waals surface area (Å²) >= 11 is 0. The summed E-state index contributed by atoms with van der Waals surface area (Å²) in [7, 11) is 0. The van der Waals surface area contributed by atoms with Crippen LogP contribution in [0.2, 0.25) is 0 Å². The van der Waals surface area contributed by atoms with Crippen molar-refractivity contribution in [2.75, 3.05) is 11.9 Å².